The molecule has 1 amide bonds. The second-order valence-electron chi connectivity index (χ2n) is 5.23. The van der Waals surface area contributed by atoms with E-state index in [1.54, 1.807) is 18.2 Å². The van der Waals surface area contributed by atoms with Crippen LogP contribution in [0.4, 0.5) is 10.1 Å². The molecule has 1 N–H and O–H groups in total. The van der Waals surface area contributed by atoms with Crippen molar-refractivity contribution in [1.82, 2.24) is 0 Å². The van der Waals surface area contributed by atoms with Gasteiger partial charge in [0.1, 0.15) is 5.82 Å². The zero-order valence-corrected chi connectivity index (χ0v) is 13.8. The molecular weight excluding hydrogens is 353 g/mol. The van der Waals surface area contributed by atoms with Gasteiger partial charge in [0.05, 0.1) is 5.56 Å². The van der Waals surface area contributed by atoms with Gasteiger partial charge < -0.3 is 19.5 Å². The lowest BCUT2D eigenvalue weighted by atomic mass is 10.2. The lowest BCUT2D eigenvalue weighted by Crippen LogP contribution is -2.30. The van der Waals surface area contributed by atoms with E-state index in [9.17, 15) is 14.0 Å². The topological polar surface area (TPSA) is 73.9 Å². The summed E-state index contributed by atoms with van der Waals surface area (Å²) in [7, 11) is 0. The van der Waals surface area contributed by atoms with Crippen molar-refractivity contribution in [2.24, 2.45) is 0 Å². The molecule has 0 aliphatic carbocycles. The quantitative estimate of drug-likeness (QED) is 0.841. The summed E-state index contributed by atoms with van der Waals surface area (Å²) in [5, 5.41) is 2.77. The molecule has 1 aliphatic heterocycles. The van der Waals surface area contributed by atoms with Gasteiger partial charge in [-0.1, -0.05) is 11.6 Å². The van der Waals surface area contributed by atoms with E-state index >= 15 is 0 Å². The van der Waals surface area contributed by atoms with Crippen molar-refractivity contribution in [3.8, 4) is 11.5 Å². The van der Waals surface area contributed by atoms with Gasteiger partial charge in [-0.05, 0) is 37.3 Å². The number of fused-ring (bicyclic) bond motifs is 1. The average molecular weight is 366 g/mol. The molecule has 2 aromatic carbocycles. The van der Waals surface area contributed by atoms with Gasteiger partial charge in [0.15, 0.2) is 17.6 Å². The Morgan fingerprint density at radius 1 is 1.20 bits per heavy atom. The second kappa shape index (κ2) is 6.98. The van der Waals surface area contributed by atoms with Crippen molar-refractivity contribution in [3.63, 3.8) is 0 Å². The molecule has 1 heterocycles. The van der Waals surface area contributed by atoms with Crippen LogP contribution >= 0.6 is 11.6 Å². The molecule has 0 fully saturated rings. The van der Waals surface area contributed by atoms with Crippen molar-refractivity contribution >= 4 is 29.2 Å². The average Bonchev–Trinajstić information content (AvgIpc) is 3.04. The standard InChI is InChI=1S/C17H13ClFNO5/c1-9(25-17(22)12-6-10(18)2-4-13(12)19)16(21)20-11-3-5-14-15(7-11)24-8-23-14/h2-7,9H,8H2,1H3,(H,20,21)/t9-/m0/s1. The largest absolute Gasteiger partial charge is 0.454 e. The Balaban J connectivity index is 1.64. The van der Waals surface area contributed by atoms with Crippen LogP contribution in [-0.2, 0) is 9.53 Å². The van der Waals surface area contributed by atoms with Crippen molar-refractivity contribution in [3.05, 3.63) is 52.8 Å². The molecule has 0 spiro atoms. The van der Waals surface area contributed by atoms with Crippen LogP contribution in [0.15, 0.2) is 36.4 Å². The third kappa shape index (κ3) is 3.83. The zero-order valence-electron chi connectivity index (χ0n) is 13.0. The summed E-state index contributed by atoms with van der Waals surface area (Å²) in [6, 6.07) is 8.36. The third-order valence-electron chi connectivity index (χ3n) is 3.44. The summed E-state index contributed by atoms with van der Waals surface area (Å²) >= 11 is 5.74. The smallest absolute Gasteiger partial charge is 0.341 e. The Morgan fingerprint density at radius 2 is 1.96 bits per heavy atom. The van der Waals surface area contributed by atoms with Gasteiger partial charge in [-0.25, -0.2) is 9.18 Å². The summed E-state index contributed by atoms with van der Waals surface area (Å²) in [4.78, 5) is 24.2. The van der Waals surface area contributed by atoms with Crippen LogP contribution < -0.4 is 14.8 Å². The predicted octanol–water partition coefficient (Wildman–Crippen LogP) is 3.39. The Bertz CT molecular complexity index is 842. The highest BCUT2D eigenvalue weighted by Gasteiger charge is 2.22. The number of nitrogens with one attached hydrogen (secondary N) is 1. The minimum absolute atomic E-state index is 0.117. The number of benzene rings is 2. The first kappa shape index (κ1) is 17.0. The van der Waals surface area contributed by atoms with E-state index in [2.05, 4.69) is 5.32 Å². The molecule has 25 heavy (non-hydrogen) atoms. The molecule has 0 radical (unpaired) electrons. The van der Waals surface area contributed by atoms with Crippen LogP contribution in [-0.4, -0.2) is 24.8 Å². The molecule has 6 nitrogen and oxygen atoms in total. The van der Waals surface area contributed by atoms with Gasteiger partial charge >= 0.3 is 5.97 Å². The molecular formula is C17H13ClFNO5. The highest BCUT2D eigenvalue weighted by Crippen LogP contribution is 2.34. The van der Waals surface area contributed by atoms with Gasteiger partial charge in [-0.15, -0.1) is 0 Å². The molecule has 130 valence electrons. The molecule has 0 bridgehead atoms. The number of rotatable bonds is 4. The van der Waals surface area contributed by atoms with Crippen LogP contribution in [0.25, 0.3) is 0 Å². The Kier molecular flexibility index (Phi) is 4.76. The van der Waals surface area contributed by atoms with Crippen LogP contribution in [0.3, 0.4) is 0 Å². The minimum atomic E-state index is -1.14. The molecule has 1 aliphatic rings. The van der Waals surface area contributed by atoms with E-state index in [-0.39, 0.29) is 17.4 Å². The van der Waals surface area contributed by atoms with E-state index in [0.29, 0.717) is 17.2 Å². The first-order valence-electron chi connectivity index (χ1n) is 7.30. The Labute approximate surface area is 147 Å². The molecule has 3 rings (SSSR count). The number of anilines is 1. The van der Waals surface area contributed by atoms with Crippen LogP contribution in [0, 0.1) is 5.82 Å². The molecule has 8 heteroatoms. The number of ether oxygens (including phenoxy) is 3. The van der Waals surface area contributed by atoms with Crippen molar-refractivity contribution < 1.29 is 28.2 Å². The molecule has 0 saturated carbocycles. The lowest BCUT2D eigenvalue weighted by molar-refractivity contribution is -0.123. The maximum atomic E-state index is 13.7. The molecule has 0 unspecified atom stereocenters. The Morgan fingerprint density at radius 3 is 2.76 bits per heavy atom. The number of esters is 1. The third-order valence-corrected chi connectivity index (χ3v) is 3.68. The number of carbonyl (C=O) groups is 2. The van der Waals surface area contributed by atoms with E-state index in [1.807, 2.05) is 0 Å². The predicted molar refractivity (Wildman–Crippen MR) is 87.5 cm³/mol. The summed E-state index contributed by atoms with van der Waals surface area (Å²) in [5.74, 6) is -1.25. The van der Waals surface area contributed by atoms with Gasteiger partial charge in [0.25, 0.3) is 5.91 Å². The van der Waals surface area contributed by atoms with Gasteiger partial charge in [-0.2, -0.15) is 0 Å². The fraction of sp³-hybridized carbons (Fsp3) is 0.176. The van der Waals surface area contributed by atoms with E-state index < -0.39 is 23.8 Å². The fourth-order valence-corrected chi connectivity index (χ4v) is 2.32. The number of halogens is 2. The van der Waals surface area contributed by atoms with Gasteiger partial charge in [-0.3, -0.25) is 4.79 Å². The summed E-state index contributed by atoms with van der Waals surface area (Å²) in [5.41, 5.74) is 0.112. The highest BCUT2D eigenvalue weighted by molar-refractivity contribution is 6.30. The monoisotopic (exact) mass is 365 g/mol. The zero-order chi connectivity index (χ0) is 18.0. The van der Waals surface area contributed by atoms with Crippen molar-refractivity contribution in [1.29, 1.82) is 0 Å². The van der Waals surface area contributed by atoms with Gasteiger partial charge in [0, 0.05) is 16.8 Å². The normalized spacial score (nSPS) is 13.2. The van der Waals surface area contributed by atoms with Crippen molar-refractivity contribution in [2.75, 3.05) is 12.1 Å². The fourth-order valence-electron chi connectivity index (χ4n) is 2.15. The molecule has 0 saturated heterocycles. The highest BCUT2D eigenvalue weighted by atomic mass is 35.5. The minimum Gasteiger partial charge on any atom is -0.454 e. The Hall–Kier alpha value is -2.80. The number of hydrogen-bond donors (Lipinski definition) is 1. The summed E-state index contributed by atoms with van der Waals surface area (Å²) < 4.78 is 29.0. The van der Waals surface area contributed by atoms with Crippen LogP contribution in [0.1, 0.15) is 17.3 Å². The lowest BCUT2D eigenvalue weighted by Gasteiger charge is -2.14. The van der Waals surface area contributed by atoms with E-state index in [1.165, 1.54) is 13.0 Å². The molecule has 0 aromatic heterocycles. The second-order valence-corrected chi connectivity index (χ2v) is 5.67. The maximum absolute atomic E-state index is 13.7. The maximum Gasteiger partial charge on any atom is 0.341 e. The summed E-state index contributed by atoms with van der Waals surface area (Å²) in [6.07, 6.45) is -1.14. The molecule has 1 atom stereocenters. The van der Waals surface area contributed by atoms with E-state index in [0.717, 1.165) is 12.1 Å². The van der Waals surface area contributed by atoms with Crippen LogP contribution in [0.5, 0.6) is 11.5 Å². The summed E-state index contributed by atoms with van der Waals surface area (Å²) in [6.45, 7) is 1.49. The van der Waals surface area contributed by atoms with Gasteiger partial charge in [0.2, 0.25) is 6.79 Å². The number of carbonyl (C=O) groups excluding carboxylic acids is 2. The number of amides is 1. The first-order valence-corrected chi connectivity index (χ1v) is 7.68. The van der Waals surface area contributed by atoms with Crippen LogP contribution in [0.2, 0.25) is 5.02 Å². The van der Waals surface area contributed by atoms with Crippen molar-refractivity contribution in [2.45, 2.75) is 13.0 Å². The van der Waals surface area contributed by atoms with E-state index in [4.69, 9.17) is 25.8 Å². The number of hydrogen-bond acceptors (Lipinski definition) is 5. The SMILES string of the molecule is C[C@H](OC(=O)c1cc(Cl)ccc1F)C(=O)Nc1ccc2c(c1)OCO2. The molecule has 2 aromatic rings. The first-order chi connectivity index (χ1) is 11.9.